The Morgan fingerprint density at radius 2 is 1.70 bits per heavy atom. The minimum atomic E-state index is 0.733. The van der Waals surface area contributed by atoms with Crippen molar-refractivity contribution in [2.45, 2.75) is 19.4 Å². The summed E-state index contributed by atoms with van der Waals surface area (Å²) in [5.74, 6) is 0.929. The number of unbranched alkanes of at least 4 members (excludes halogenated alkanes) is 1. The van der Waals surface area contributed by atoms with Gasteiger partial charge < -0.3 is 4.74 Å². The molecule has 0 aliphatic heterocycles. The number of nitrogens with zero attached hydrogens (tertiary/aromatic N) is 3. The molecule has 0 saturated heterocycles. The van der Waals surface area contributed by atoms with E-state index in [2.05, 4.69) is 16.4 Å². The number of fused-ring (bicyclic) bond motifs is 1. The first-order chi connectivity index (χ1) is 9.93. The summed E-state index contributed by atoms with van der Waals surface area (Å²) in [4.78, 5) is 0. The molecule has 20 heavy (non-hydrogen) atoms. The Bertz CT molecular complexity index is 664. The topological polar surface area (TPSA) is 39.9 Å². The Labute approximate surface area is 118 Å². The van der Waals surface area contributed by atoms with Gasteiger partial charge in [0, 0.05) is 6.54 Å². The highest BCUT2D eigenvalue weighted by atomic mass is 16.5. The molecule has 0 aliphatic carbocycles. The number of aryl methyl sites for hydroxylation is 1. The van der Waals surface area contributed by atoms with Crippen molar-refractivity contribution in [1.29, 1.82) is 0 Å². The minimum Gasteiger partial charge on any atom is -0.494 e. The fourth-order valence-corrected chi connectivity index (χ4v) is 2.15. The van der Waals surface area contributed by atoms with Gasteiger partial charge in [-0.3, -0.25) is 0 Å². The lowest BCUT2D eigenvalue weighted by atomic mass is 10.3. The van der Waals surface area contributed by atoms with E-state index >= 15 is 0 Å². The Morgan fingerprint density at radius 3 is 2.60 bits per heavy atom. The molecule has 0 saturated carbocycles. The van der Waals surface area contributed by atoms with Gasteiger partial charge in [-0.05, 0) is 37.1 Å². The van der Waals surface area contributed by atoms with E-state index in [-0.39, 0.29) is 0 Å². The van der Waals surface area contributed by atoms with Crippen molar-refractivity contribution in [2.24, 2.45) is 0 Å². The van der Waals surface area contributed by atoms with Gasteiger partial charge in [0.25, 0.3) is 0 Å². The van der Waals surface area contributed by atoms with Crippen LogP contribution in [0.1, 0.15) is 12.8 Å². The van der Waals surface area contributed by atoms with Crippen LogP contribution in [0.25, 0.3) is 11.0 Å². The maximum absolute atomic E-state index is 5.67. The van der Waals surface area contributed by atoms with Crippen LogP contribution in [-0.2, 0) is 6.54 Å². The van der Waals surface area contributed by atoms with Gasteiger partial charge in [-0.25, -0.2) is 4.68 Å². The van der Waals surface area contributed by atoms with E-state index in [1.807, 2.05) is 53.2 Å². The zero-order valence-corrected chi connectivity index (χ0v) is 11.3. The van der Waals surface area contributed by atoms with Gasteiger partial charge in [-0.1, -0.05) is 35.5 Å². The van der Waals surface area contributed by atoms with Crippen molar-refractivity contribution in [3.8, 4) is 5.75 Å². The summed E-state index contributed by atoms with van der Waals surface area (Å²) in [6, 6.07) is 17.9. The molecule has 1 heterocycles. The summed E-state index contributed by atoms with van der Waals surface area (Å²) in [6.45, 7) is 1.61. The molecule has 1 aromatic heterocycles. The molecule has 0 radical (unpaired) electrons. The zero-order valence-electron chi connectivity index (χ0n) is 11.3. The first-order valence-corrected chi connectivity index (χ1v) is 6.89. The second-order valence-corrected chi connectivity index (χ2v) is 4.67. The third-order valence-corrected chi connectivity index (χ3v) is 3.20. The van der Waals surface area contributed by atoms with Crippen LogP contribution in [0.3, 0.4) is 0 Å². The fourth-order valence-electron chi connectivity index (χ4n) is 2.15. The van der Waals surface area contributed by atoms with E-state index in [0.717, 1.165) is 42.8 Å². The predicted octanol–water partition coefficient (Wildman–Crippen LogP) is 3.29. The van der Waals surface area contributed by atoms with Crippen LogP contribution in [0, 0.1) is 0 Å². The maximum Gasteiger partial charge on any atom is 0.119 e. The second-order valence-electron chi connectivity index (χ2n) is 4.67. The van der Waals surface area contributed by atoms with Crippen molar-refractivity contribution in [3.63, 3.8) is 0 Å². The molecule has 0 spiro atoms. The summed E-state index contributed by atoms with van der Waals surface area (Å²) in [6.07, 6.45) is 2.03. The van der Waals surface area contributed by atoms with Gasteiger partial charge in [0.15, 0.2) is 0 Å². The van der Waals surface area contributed by atoms with Crippen molar-refractivity contribution in [1.82, 2.24) is 15.0 Å². The van der Waals surface area contributed by atoms with Gasteiger partial charge in [-0.15, -0.1) is 5.10 Å². The number of hydrogen-bond donors (Lipinski definition) is 0. The molecule has 102 valence electrons. The maximum atomic E-state index is 5.67. The van der Waals surface area contributed by atoms with Gasteiger partial charge in [0.1, 0.15) is 11.3 Å². The van der Waals surface area contributed by atoms with Crippen molar-refractivity contribution >= 4 is 11.0 Å². The molecule has 3 aromatic rings. The van der Waals surface area contributed by atoms with Crippen molar-refractivity contribution in [2.75, 3.05) is 6.61 Å². The number of aromatic nitrogens is 3. The van der Waals surface area contributed by atoms with E-state index in [9.17, 15) is 0 Å². The van der Waals surface area contributed by atoms with Crippen LogP contribution < -0.4 is 4.74 Å². The third kappa shape index (κ3) is 2.96. The Balaban J connectivity index is 1.46. The van der Waals surface area contributed by atoms with Crippen LogP contribution in [0.15, 0.2) is 54.6 Å². The van der Waals surface area contributed by atoms with E-state index in [4.69, 9.17) is 4.74 Å². The largest absolute Gasteiger partial charge is 0.494 e. The molecule has 0 atom stereocenters. The fraction of sp³-hybridized carbons (Fsp3) is 0.250. The summed E-state index contributed by atoms with van der Waals surface area (Å²) in [5.41, 5.74) is 2.05. The lowest BCUT2D eigenvalue weighted by Crippen LogP contribution is -2.03. The average Bonchev–Trinajstić information content (AvgIpc) is 2.91. The van der Waals surface area contributed by atoms with Gasteiger partial charge >= 0.3 is 0 Å². The predicted molar refractivity (Wildman–Crippen MR) is 78.7 cm³/mol. The number of rotatable bonds is 6. The highest BCUT2D eigenvalue weighted by Gasteiger charge is 2.02. The highest BCUT2D eigenvalue weighted by Crippen LogP contribution is 2.11. The molecular weight excluding hydrogens is 250 g/mol. The molecule has 0 N–H and O–H groups in total. The van der Waals surface area contributed by atoms with E-state index in [0.29, 0.717) is 0 Å². The lowest BCUT2D eigenvalue weighted by molar-refractivity contribution is 0.302. The molecule has 0 unspecified atom stereocenters. The number of ether oxygens (including phenoxy) is 1. The molecule has 0 fully saturated rings. The molecule has 3 rings (SSSR count). The van der Waals surface area contributed by atoms with Gasteiger partial charge in [0.05, 0.1) is 12.1 Å². The standard InChI is InChI=1S/C16H17N3O/c1-2-8-14(9-3-1)20-13-7-6-12-19-16-11-5-4-10-15(16)17-18-19/h1-5,8-11H,6-7,12-13H2. The Morgan fingerprint density at radius 1 is 0.900 bits per heavy atom. The van der Waals surface area contributed by atoms with Gasteiger partial charge in [-0.2, -0.15) is 0 Å². The van der Waals surface area contributed by atoms with Crippen LogP contribution >= 0.6 is 0 Å². The summed E-state index contributed by atoms with van der Waals surface area (Å²) in [5, 5.41) is 8.32. The molecule has 4 nitrogen and oxygen atoms in total. The quantitative estimate of drug-likeness (QED) is 0.643. The molecule has 0 bridgehead atoms. The summed E-state index contributed by atoms with van der Waals surface area (Å²) < 4.78 is 7.62. The van der Waals surface area contributed by atoms with E-state index < -0.39 is 0 Å². The molecule has 4 heteroatoms. The summed E-state index contributed by atoms with van der Waals surface area (Å²) in [7, 11) is 0. The first kappa shape index (κ1) is 12.7. The Hall–Kier alpha value is -2.36. The van der Waals surface area contributed by atoms with Crippen molar-refractivity contribution in [3.05, 3.63) is 54.6 Å². The Kier molecular flexibility index (Phi) is 3.92. The lowest BCUT2D eigenvalue weighted by Gasteiger charge is -2.06. The van der Waals surface area contributed by atoms with Crippen LogP contribution in [0.5, 0.6) is 5.75 Å². The van der Waals surface area contributed by atoms with Crippen molar-refractivity contribution < 1.29 is 4.74 Å². The van der Waals surface area contributed by atoms with Crippen LogP contribution in [0.2, 0.25) is 0 Å². The van der Waals surface area contributed by atoms with Gasteiger partial charge in [0.2, 0.25) is 0 Å². The van der Waals surface area contributed by atoms with Crippen LogP contribution in [-0.4, -0.2) is 21.6 Å². The van der Waals surface area contributed by atoms with Crippen LogP contribution in [0.4, 0.5) is 0 Å². The number of para-hydroxylation sites is 2. The van der Waals surface area contributed by atoms with E-state index in [1.165, 1.54) is 0 Å². The molecule has 0 amide bonds. The molecular formula is C16H17N3O. The number of hydrogen-bond acceptors (Lipinski definition) is 3. The third-order valence-electron chi connectivity index (χ3n) is 3.20. The average molecular weight is 267 g/mol. The normalized spacial score (nSPS) is 10.8. The molecule has 0 aliphatic rings. The first-order valence-electron chi connectivity index (χ1n) is 6.89. The monoisotopic (exact) mass is 267 g/mol. The SMILES string of the molecule is c1ccc(OCCCCn2nnc3ccccc32)cc1. The second kappa shape index (κ2) is 6.19. The van der Waals surface area contributed by atoms with E-state index in [1.54, 1.807) is 0 Å². The summed E-state index contributed by atoms with van der Waals surface area (Å²) >= 11 is 0. The zero-order chi connectivity index (χ0) is 13.6. The molecule has 2 aromatic carbocycles. The highest BCUT2D eigenvalue weighted by molar-refractivity contribution is 5.73. The number of benzene rings is 2. The smallest absolute Gasteiger partial charge is 0.119 e. The minimum absolute atomic E-state index is 0.733.